The van der Waals surface area contributed by atoms with E-state index in [9.17, 15) is 0 Å². The van der Waals surface area contributed by atoms with Gasteiger partial charge in [0.1, 0.15) is 0 Å². The first-order valence-electron chi connectivity index (χ1n) is 6.90. The Morgan fingerprint density at radius 1 is 1.20 bits per heavy atom. The van der Waals surface area contributed by atoms with E-state index < -0.39 is 0 Å². The number of benzene rings is 1. The van der Waals surface area contributed by atoms with Gasteiger partial charge in [0.15, 0.2) is 0 Å². The lowest BCUT2D eigenvalue weighted by molar-refractivity contribution is 0.134. The maximum atomic E-state index is 3.54. The van der Waals surface area contributed by atoms with Gasteiger partial charge in [-0.3, -0.25) is 0 Å². The van der Waals surface area contributed by atoms with Gasteiger partial charge >= 0.3 is 0 Å². The van der Waals surface area contributed by atoms with Crippen LogP contribution in [0.4, 0.5) is 0 Å². The van der Waals surface area contributed by atoms with Crippen LogP contribution in [0.5, 0.6) is 0 Å². The number of allylic oxidation sites excluding steroid dienone is 1. The quantitative estimate of drug-likeness (QED) is 0.606. The van der Waals surface area contributed by atoms with Crippen molar-refractivity contribution in [3.8, 4) is 0 Å². The topological polar surface area (TPSA) is 3.24 Å². The molecular weight excluding hydrogens is 378 g/mol. The van der Waals surface area contributed by atoms with Gasteiger partial charge in [-0.15, -0.1) is 0 Å². The maximum Gasteiger partial charge on any atom is 0.0637 e. The minimum Gasteiger partial charge on any atom is -0.369 e. The average molecular weight is 399 g/mol. The van der Waals surface area contributed by atoms with Crippen molar-refractivity contribution in [3.63, 3.8) is 0 Å². The predicted molar refractivity (Wildman–Crippen MR) is 93.9 cm³/mol. The summed E-state index contributed by atoms with van der Waals surface area (Å²) in [5.74, 6) is 0. The highest BCUT2D eigenvalue weighted by molar-refractivity contribution is 9.28. The highest BCUT2D eigenvalue weighted by Gasteiger charge is 2.31. The zero-order chi connectivity index (χ0) is 14.8. The molecule has 0 aromatic heterocycles. The first-order chi connectivity index (χ1) is 9.38. The smallest absolute Gasteiger partial charge is 0.0637 e. The van der Waals surface area contributed by atoms with E-state index in [4.69, 9.17) is 0 Å². The molecule has 1 aromatic rings. The van der Waals surface area contributed by atoms with Crippen molar-refractivity contribution in [3.05, 3.63) is 57.1 Å². The Labute approximate surface area is 139 Å². The molecule has 0 saturated heterocycles. The van der Waals surface area contributed by atoms with Crippen LogP contribution in [0.15, 0.2) is 51.6 Å². The van der Waals surface area contributed by atoms with Crippen LogP contribution in [0.3, 0.4) is 0 Å². The zero-order valence-corrected chi connectivity index (χ0v) is 15.4. The molecule has 2 rings (SSSR count). The summed E-state index contributed by atoms with van der Waals surface area (Å²) in [5.41, 5.74) is 2.92. The molecule has 1 nitrogen and oxygen atoms in total. The molecule has 1 atom stereocenters. The minimum absolute atomic E-state index is 0.236. The third kappa shape index (κ3) is 3.98. The maximum absolute atomic E-state index is 3.54. The molecule has 3 heteroatoms. The lowest BCUT2D eigenvalue weighted by Crippen LogP contribution is -2.42. The Kier molecular flexibility index (Phi) is 5.14. The third-order valence-corrected chi connectivity index (χ3v) is 4.75. The van der Waals surface area contributed by atoms with Gasteiger partial charge in [0.2, 0.25) is 0 Å². The van der Waals surface area contributed by atoms with Gasteiger partial charge in [-0.1, -0.05) is 51.1 Å². The molecule has 0 amide bonds. The van der Waals surface area contributed by atoms with Crippen LogP contribution in [0.1, 0.15) is 32.8 Å². The largest absolute Gasteiger partial charge is 0.369 e. The van der Waals surface area contributed by atoms with Crippen LogP contribution in [0.25, 0.3) is 0 Å². The SMILES string of the molecule is CC(C)(C)C1CC(=C(Br)Br)C=CN1Cc1ccccc1. The number of nitrogens with zero attached hydrogens (tertiary/aromatic N) is 1. The zero-order valence-electron chi connectivity index (χ0n) is 12.2. The fraction of sp³-hybridized carbons (Fsp3) is 0.412. The van der Waals surface area contributed by atoms with Crippen molar-refractivity contribution >= 4 is 31.9 Å². The predicted octanol–water partition coefficient (Wildman–Crippen LogP) is 5.82. The fourth-order valence-electron chi connectivity index (χ4n) is 2.58. The standard InChI is InChI=1S/C17H21Br2N/c1-17(2,3)15-11-14(16(18)19)9-10-20(15)12-13-7-5-4-6-8-13/h4-10,15H,11-12H2,1-3H3. The molecule has 1 heterocycles. The Morgan fingerprint density at radius 3 is 2.40 bits per heavy atom. The van der Waals surface area contributed by atoms with Crippen molar-refractivity contribution in [2.24, 2.45) is 5.41 Å². The second kappa shape index (κ2) is 6.48. The van der Waals surface area contributed by atoms with Gasteiger partial charge in [-0.25, -0.2) is 0 Å². The first kappa shape index (κ1) is 15.8. The van der Waals surface area contributed by atoms with Crippen LogP contribution >= 0.6 is 31.9 Å². The minimum atomic E-state index is 0.236. The lowest BCUT2D eigenvalue weighted by Gasteiger charge is -2.42. The van der Waals surface area contributed by atoms with E-state index in [0.29, 0.717) is 6.04 Å². The molecule has 0 radical (unpaired) electrons. The second-order valence-electron chi connectivity index (χ2n) is 6.35. The Bertz CT molecular complexity index is 508. The summed E-state index contributed by atoms with van der Waals surface area (Å²) in [7, 11) is 0. The fourth-order valence-corrected chi connectivity index (χ4v) is 3.17. The third-order valence-electron chi connectivity index (χ3n) is 3.73. The van der Waals surface area contributed by atoms with Crippen LogP contribution in [-0.4, -0.2) is 10.9 Å². The van der Waals surface area contributed by atoms with Gasteiger partial charge in [0.05, 0.1) is 3.39 Å². The lowest BCUT2D eigenvalue weighted by atomic mass is 9.80. The van der Waals surface area contributed by atoms with Crippen molar-refractivity contribution in [2.75, 3.05) is 0 Å². The summed E-state index contributed by atoms with van der Waals surface area (Å²) >= 11 is 7.09. The van der Waals surface area contributed by atoms with Crippen LogP contribution in [0.2, 0.25) is 0 Å². The molecule has 0 N–H and O–H groups in total. The van der Waals surface area contributed by atoms with E-state index in [0.717, 1.165) is 16.4 Å². The Morgan fingerprint density at radius 2 is 1.85 bits per heavy atom. The summed E-state index contributed by atoms with van der Waals surface area (Å²) in [6.45, 7) is 7.91. The molecule has 0 bridgehead atoms. The van der Waals surface area contributed by atoms with Crippen LogP contribution in [-0.2, 0) is 6.54 Å². The van der Waals surface area contributed by atoms with Crippen LogP contribution in [0, 0.1) is 5.41 Å². The molecule has 0 spiro atoms. The van der Waals surface area contributed by atoms with Crippen LogP contribution < -0.4 is 0 Å². The number of halogens is 2. The summed E-state index contributed by atoms with van der Waals surface area (Å²) in [6, 6.07) is 11.2. The summed E-state index contributed by atoms with van der Waals surface area (Å²) in [5, 5.41) is 0. The Hall–Kier alpha value is -0.540. The van der Waals surface area contributed by atoms with Crippen molar-refractivity contribution in [1.82, 2.24) is 4.90 Å². The highest BCUT2D eigenvalue weighted by Crippen LogP contribution is 2.37. The van der Waals surface area contributed by atoms with Crippen molar-refractivity contribution in [2.45, 2.75) is 39.8 Å². The van der Waals surface area contributed by atoms with E-state index in [1.165, 1.54) is 11.1 Å². The first-order valence-corrected chi connectivity index (χ1v) is 8.48. The number of rotatable bonds is 2. The van der Waals surface area contributed by atoms with E-state index in [1.54, 1.807) is 0 Å². The van der Waals surface area contributed by atoms with E-state index in [-0.39, 0.29) is 5.41 Å². The second-order valence-corrected chi connectivity index (χ2v) is 9.00. The molecule has 0 aliphatic carbocycles. The van der Waals surface area contributed by atoms with E-state index in [2.05, 4.69) is 100 Å². The normalized spacial score (nSPS) is 19.4. The van der Waals surface area contributed by atoms with Crippen molar-refractivity contribution < 1.29 is 0 Å². The molecule has 1 aliphatic heterocycles. The molecule has 0 fully saturated rings. The monoisotopic (exact) mass is 397 g/mol. The van der Waals surface area contributed by atoms with E-state index >= 15 is 0 Å². The highest BCUT2D eigenvalue weighted by atomic mass is 79.9. The Balaban J connectivity index is 2.26. The molecule has 0 saturated carbocycles. The van der Waals surface area contributed by atoms with E-state index in [1.807, 2.05) is 0 Å². The summed E-state index contributed by atoms with van der Waals surface area (Å²) in [4.78, 5) is 2.46. The van der Waals surface area contributed by atoms with Gasteiger partial charge in [0, 0.05) is 18.8 Å². The molecular formula is C17H21Br2N. The van der Waals surface area contributed by atoms with Gasteiger partial charge in [-0.05, 0) is 60.9 Å². The van der Waals surface area contributed by atoms with Crippen molar-refractivity contribution in [1.29, 1.82) is 0 Å². The molecule has 20 heavy (non-hydrogen) atoms. The average Bonchev–Trinajstić information content (AvgIpc) is 2.39. The number of hydrogen-bond acceptors (Lipinski definition) is 1. The molecule has 1 aromatic carbocycles. The number of hydrogen-bond donors (Lipinski definition) is 0. The molecule has 108 valence electrons. The van der Waals surface area contributed by atoms with Gasteiger partial charge < -0.3 is 4.90 Å². The molecule has 1 unspecified atom stereocenters. The molecule has 1 aliphatic rings. The van der Waals surface area contributed by atoms with Gasteiger partial charge in [-0.2, -0.15) is 0 Å². The van der Waals surface area contributed by atoms with Gasteiger partial charge in [0.25, 0.3) is 0 Å². The summed E-state index contributed by atoms with van der Waals surface area (Å²) < 4.78 is 1.06. The summed E-state index contributed by atoms with van der Waals surface area (Å²) in [6.07, 6.45) is 5.48.